The third-order valence-corrected chi connectivity index (χ3v) is 8.08. The predicted molar refractivity (Wildman–Crippen MR) is 199 cm³/mol. The number of primary amides is 3. The van der Waals surface area contributed by atoms with Gasteiger partial charge in [-0.2, -0.15) is 0 Å². The number of nitrogens with one attached hydrogen (secondary N) is 1. The molecule has 3 aromatic rings. The van der Waals surface area contributed by atoms with Gasteiger partial charge in [-0.1, -0.05) is 100 Å². The van der Waals surface area contributed by atoms with Crippen LogP contribution in [0.25, 0.3) is 10.8 Å². The van der Waals surface area contributed by atoms with Gasteiger partial charge in [0.2, 0.25) is 24.1 Å². The Hall–Kier alpha value is -4.24. The summed E-state index contributed by atoms with van der Waals surface area (Å²) in [6.45, 7) is 8.85. The monoisotopic (exact) mass is 663 g/mol. The fraction of sp³-hybridized carbons (Fsp3) is 0.487. The number of hydrogen-bond donors (Lipinski definition) is 5. The number of fused-ring (bicyclic) bond motifs is 2. The average Bonchev–Trinajstić information content (AvgIpc) is 3.10. The Balaban J connectivity index is 0.000000680. The van der Waals surface area contributed by atoms with E-state index in [0.29, 0.717) is 31.7 Å². The van der Waals surface area contributed by atoms with Gasteiger partial charge in [0.1, 0.15) is 0 Å². The SMILES string of the molecule is CCC(C)C(C)NC(=O)CCc1ccc2ccccc2c1.CCC(N)=O.NC=O.NCCCCCC(N)=O.c1ccc2c(c1)CCCC2. The van der Waals surface area contributed by atoms with Gasteiger partial charge in [0.05, 0.1) is 0 Å². The lowest BCUT2D eigenvalue weighted by atomic mass is 9.92. The average molecular weight is 664 g/mol. The highest BCUT2D eigenvalue weighted by Crippen LogP contribution is 2.20. The van der Waals surface area contributed by atoms with E-state index in [1.54, 1.807) is 18.1 Å². The Morgan fingerprint density at radius 2 is 1.33 bits per heavy atom. The second-order valence-corrected chi connectivity index (χ2v) is 11.9. The zero-order chi connectivity index (χ0) is 36.2. The van der Waals surface area contributed by atoms with E-state index in [1.807, 2.05) is 12.1 Å². The van der Waals surface area contributed by atoms with Crippen LogP contribution in [-0.4, -0.2) is 36.7 Å². The number of amides is 4. The Morgan fingerprint density at radius 3 is 1.83 bits per heavy atom. The number of carbonyl (C=O) groups is 4. The quantitative estimate of drug-likeness (QED) is 0.120. The van der Waals surface area contributed by atoms with Crippen LogP contribution in [0.3, 0.4) is 0 Å². The minimum atomic E-state index is -0.245. The lowest BCUT2D eigenvalue weighted by molar-refractivity contribution is -0.122. The minimum absolute atomic E-state index is 0.149. The van der Waals surface area contributed by atoms with E-state index in [1.165, 1.54) is 42.0 Å². The summed E-state index contributed by atoms with van der Waals surface area (Å²) in [5.74, 6) is 0.211. The molecule has 0 spiro atoms. The molecule has 4 rings (SSSR count). The van der Waals surface area contributed by atoms with Gasteiger partial charge in [-0.15, -0.1) is 0 Å². The van der Waals surface area contributed by atoms with Crippen molar-refractivity contribution in [3.05, 3.63) is 83.4 Å². The van der Waals surface area contributed by atoms with Crippen molar-refractivity contribution in [2.24, 2.45) is 28.9 Å². The smallest absolute Gasteiger partial charge is 0.220 e. The van der Waals surface area contributed by atoms with Crippen LogP contribution in [0.5, 0.6) is 0 Å². The molecule has 266 valence electrons. The number of carbonyl (C=O) groups excluding carboxylic acids is 4. The number of unbranched alkanes of at least 4 members (excludes halogenated alkanes) is 2. The summed E-state index contributed by atoms with van der Waals surface area (Å²) in [4.78, 5) is 40.3. The largest absolute Gasteiger partial charge is 0.372 e. The van der Waals surface area contributed by atoms with Crippen LogP contribution in [0.4, 0.5) is 0 Å². The zero-order valence-corrected chi connectivity index (χ0v) is 29.7. The maximum atomic E-state index is 12.0. The molecule has 0 heterocycles. The van der Waals surface area contributed by atoms with E-state index in [2.05, 4.69) is 92.2 Å². The number of aryl methyl sites for hydroxylation is 3. The van der Waals surface area contributed by atoms with Crippen LogP contribution in [0.2, 0.25) is 0 Å². The number of rotatable bonds is 12. The molecule has 0 saturated heterocycles. The Bertz CT molecular complexity index is 1310. The fourth-order valence-corrected chi connectivity index (χ4v) is 4.77. The van der Waals surface area contributed by atoms with Gasteiger partial charge < -0.3 is 28.3 Å². The third-order valence-electron chi connectivity index (χ3n) is 8.08. The van der Waals surface area contributed by atoms with Crippen molar-refractivity contribution in [3.8, 4) is 0 Å². The summed E-state index contributed by atoms with van der Waals surface area (Å²) in [5, 5.41) is 5.58. The molecule has 0 aromatic heterocycles. The third kappa shape index (κ3) is 21.5. The van der Waals surface area contributed by atoms with Gasteiger partial charge in [0.15, 0.2) is 0 Å². The normalized spacial score (nSPS) is 12.3. The van der Waals surface area contributed by atoms with Crippen molar-refractivity contribution >= 4 is 34.9 Å². The van der Waals surface area contributed by atoms with E-state index >= 15 is 0 Å². The van der Waals surface area contributed by atoms with Crippen LogP contribution < -0.4 is 28.3 Å². The van der Waals surface area contributed by atoms with Crippen molar-refractivity contribution < 1.29 is 19.2 Å². The number of hydrogen-bond acceptors (Lipinski definition) is 5. The Kier molecular flexibility index (Phi) is 25.4. The highest BCUT2D eigenvalue weighted by molar-refractivity contribution is 5.83. The summed E-state index contributed by atoms with van der Waals surface area (Å²) in [5.41, 5.74) is 23.3. The summed E-state index contributed by atoms with van der Waals surface area (Å²) in [6.07, 6.45) is 11.9. The highest BCUT2D eigenvalue weighted by Gasteiger charge is 2.13. The summed E-state index contributed by atoms with van der Waals surface area (Å²) in [6, 6.07) is 23.8. The summed E-state index contributed by atoms with van der Waals surface area (Å²) >= 11 is 0. The van der Waals surface area contributed by atoms with Gasteiger partial charge in [-0.25, -0.2) is 0 Å². The second-order valence-electron chi connectivity index (χ2n) is 11.9. The molecule has 9 heteroatoms. The van der Waals surface area contributed by atoms with E-state index < -0.39 is 0 Å². The van der Waals surface area contributed by atoms with Gasteiger partial charge >= 0.3 is 0 Å². The molecule has 2 atom stereocenters. The van der Waals surface area contributed by atoms with Crippen molar-refractivity contribution in [1.82, 2.24) is 5.32 Å². The maximum Gasteiger partial charge on any atom is 0.220 e. The molecule has 1 aliphatic rings. The number of benzene rings is 3. The first-order valence-electron chi connectivity index (χ1n) is 17.3. The molecule has 0 radical (unpaired) electrons. The molecule has 0 saturated carbocycles. The molecule has 48 heavy (non-hydrogen) atoms. The maximum absolute atomic E-state index is 12.0. The lowest BCUT2D eigenvalue weighted by Crippen LogP contribution is -2.36. The van der Waals surface area contributed by atoms with Crippen LogP contribution in [-0.2, 0) is 38.4 Å². The highest BCUT2D eigenvalue weighted by atomic mass is 16.2. The molecule has 0 fully saturated rings. The summed E-state index contributed by atoms with van der Waals surface area (Å²) in [7, 11) is 0. The van der Waals surface area contributed by atoms with Crippen LogP contribution >= 0.6 is 0 Å². The predicted octanol–water partition coefficient (Wildman–Crippen LogP) is 5.86. The van der Waals surface area contributed by atoms with Gasteiger partial charge in [0, 0.05) is 25.3 Å². The van der Waals surface area contributed by atoms with Gasteiger partial charge in [-0.05, 0) is 91.8 Å². The van der Waals surface area contributed by atoms with E-state index in [4.69, 9.17) is 16.3 Å². The fourth-order valence-electron chi connectivity index (χ4n) is 4.77. The second kappa shape index (κ2) is 27.8. The molecule has 3 aromatic carbocycles. The Labute approximate surface area is 288 Å². The topological polar surface area (TPSA) is 184 Å². The van der Waals surface area contributed by atoms with Crippen LogP contribution in [0, 0.1) is 5.92 Å². The van der Waals surface area contributed by atoms with Gasteiger partial charge in [-0.3, -0.25) is 19.2 Å². The zero-order valence-electron chi connectivity index (χ0n) is 29.7. The number of nitrogens with two attached hydrogens (primary N) is 4. The first-order chi connectivity index (χ1) is 23.0. The summed E-state index contributed by atoms with van der Waals surface area (Å²) < 4.78 is 0. The Morgan fingerprint density at radius 1 is 0.792 bits per heavy atom. The van der Waals surface area contributed by atoms with E-state index in [-0.39, 0.29) is 30.2 Å². The minimum Gasteiger partial charge on any atom is -0.372 e. The molecule has 0 bridgehead atoms. The molecule has 1 aliphatic carbocycles. The van der Waals surface area contributed by atoms with Crippen molar-refractivity contribution in [2.45, 2.75) is 111 Å². The first kappa shape index (κ1) is 43.8. The lowest BCUT2D eigenvalue weighted by Gasteiger charge is -2.19. The van der Waals surface area contributed by atoms with E-state index in [9.17, 15) is 14.4 Å². The standard InChI is InChI=1S/C19H25NO.C10H12.C6H14N2O.C3H7NO.CH3NO/c1-4-14(2)15(3)20-19(21)12-10-16-9-11-17-7-5-6-8-18(17)13-16;1-2-6-10-8-4-3-7-9(10)5-1;7-5-3-1-2-4-6(8)9;1-2-3(4)5;2-1-3/h5-9,11,13-15H,4,10,12H2,1-3H3,(H,20,21);1-2,5-6H,3-4,7-8H2;1-5,7H2,(H2,8,9);2H2,1H3,(H2,4,5);1H,(H2,2,3). The van der Waals surface area contributed by atoms with E-state index in [0.717, 1.165) is 32.1 Å². The van der Waals surface area contributed by atoms with Crippen molar-refractivity contribution in [3.63, 3.8) is 0 Å². The molecule has 9 N–H and O–H groups in total. The molecular weight excluding hydrogens is 602 g/mol. The molecule has 9 nitrogen and oxygen atoms in total. The molecule has 0 aliphatic heterocycles. The van der Waals surface area contributed by atoms with Gasteiger partial charge in [0.25, 0.3) is 0 Å². The van der Waals surface area contributed by atoms with Crippen molar-refractivity contribution in [1.29, 1.82) is 0 Å². The van der Waals surface area contributed by atoms with Crippen molar-refractivity contribution in [2.75, 3.05) is 6.54 Å². The molecule has 4 amide bonds. The molecular formula is C39H61N5O4. The first-order valence-corrected chi connectivity index (χ1v) is 17.3. The van der Waals surface area contributed by atoms with Crippen LogP contribution in [0.15, 0.2) is 66.7 Å². The molecule has 2 unspecified atom stereocenters. The van der Waals surface area contributed by atoms with Crippen LogP contribution in [0.1, 0.15) is 102 Å².